The van der Waals surface area contributed by atoms with Gasteiger partial charge in [0.25, 0.3) is 5.91 Å². The molecule has 1 fully saturated rings. The van der Waals surface area contributed by atoms with Gasteiger partial charge in [0, 0.05) is 19.8 Å². The van der Waals surface area contributed by atoms with Crippen LogP contribution in [0.3, 0.4) is 0 Å². The molecule has 0 unspecified atom stereocenters. The topological polar surface area (TPSA) is 44.7 Å². The number of carbonyl (C=O) groups excluding carboxylic acids is 1. The lowest BCUT2D eigenvalue weighted by atomic mass is 10.1. The molecule has 0 aromatic heterocycles. The third kappa shape index (κ3) is 4.12. The summed E-state index contributed by atoms with van der Waals surface area (Å²) in [6, 6.07) is 14.2. The van der Waals surface area contributed by atoms with Gasteiger partial charge in [0.15, 0.2) is 5.17 Å². The average Bonchev–Trinajstić information content (AvgIpc) is 2.91. The Balaban J connectivity index is 1.82. The largest absolute Gasteiger partial charge is 0.378 e. The highest BCUT2D eigenvalue weighted by atomic mass is 32.2. The Morgan fingerprint density at radius 3 is 2.48 bits per heavy atom. The quantitative estimate of drug-likeness (QED) is 0.840. The Bertz CT molecular complexity index is 867. The SMILES string of the molecule is Cc1ccc(C)c(N=C2NC(=O)/C(=C/c3ccc(N(C)C)cc3)S2)c1. The van der Waals surface area contributed by atoms with E-state index in [1.807, 2.05) is 75.3 Å². The number of nitrogens with zero attached hydrogens (tertiary/aromatic N) is 2. The molecule has 0 saturated carbocycles. The maximum absolute atomic E-state index is 12.2. The molecule has 25 heavy (non-hydrogen) atoms. The fraction of sp³-hybridized carbons (Fsp3) is 0.200. The molecule has 0 atom stereocenters. The molecule has 1 aliphatic heterocycles. The number of rotatable bonds is 3. The van der Waals surface area contributed by atoms with Crippen molar-refractivity contribution in [2.45, 2.75) is 13.8 Å². The fourth-order valence-corrected chi connectivity index (χ4v) is 3.28. The number of amidine groups is 1. The smallest absolute Gasteiger partial charge is 0.264 e. The molecule has 4 nitrogen and oxygen atoms in total. The highest BCUT2D eigenvalue weighted by Gasteiger charge is 2.23. The van der Waals surface area contributed by atoms with E-state index < -0.39 is 0 Å². The maximum Gasteiger partial charge on any atom is 0.264 e. The lowest BCUT2D eigenvalue weighted by molar-refractivity contribution is -0.115. The number of anilines is 1. The van der Waals surface area contributed by atoms with Crippen molar-refractivity contribution >= 4 is 40.3 Å². The van der Waals surface area contributed by atoms with Crippen LogP contribution in [0.4, 0.5) is 11.4 Å². The van der Waals surface area contributed by atoms with E-state index in [1.54, 1.807) is 0 Å². The van der Waals surface area contributed by atoms with Gasteiger partial charge < -0.3 is 10.2 Å². The van der Waals surface area contributed by atoms with E-state index in [1.165, 1.54) is 11.8 Å². The molecule has 0 spiro atoms. The van der Waals surface area contributed by atoms with E-state index >= 15 is 0 Å². The van der Waals surface area contributed by atoms with Gasteiger partial charge in [-0.1, -0.05) is 24.3 Å². The first-order chi connectivity index (χ1) is 11.9. The van der Waals surface area contributed by atoms with Gasteiger partial charge in [-0.3, -0.25) is 4.79 Å². The van der Waals surface area contributed by atoms with Gasteiger partial charge in [-0.05, 0) is 66.6 Å². The van der Waals surface area contributed by atoms with Crippen molar-refractivity contribution in [2.24, 2.45) is 4.99 Å². The average molecular weight is 351 g/mol. The second-order valence-electron chi connectivity index (χ2n) is 6.26. The summed E-state index contributed by atoms with van der Waals surface area (Å²) < 4.78 is 0. The third-order valence-electron chi connectivity index (χ3n) is 3.94. The van der Waals surface area contributed by atoms with Crippen LogP contribution in [-0.2, 0) is 4.79 Å². The first kappa shape index (κ1) is 17.3. The number of amides is 1. The summed E-state index contributed by atoms with van der Waals surface area (Å²) in [5.74, 6) is -0.106. The number of thioether (sulfide) groups is 1. The normalized spacial score (nSPS) is 17.2. The lowest BCUT2D eigenvalue weighted by Gasteiger charge is -2.11. The zero-order chi connectivity index (χ0) is 18.0. The van der Waals surface area contributed by atoms with Gasteiger partial charge >= 0.3 is 0 Å². The Labute approximate surface area is 152 Å². The number of aliphatic imine (C=N–C) groups is 1. The molecular weight excluding hydrogens is 330 g/mol. The predicted molar refractivity (Wildman–Crippen MR) is 107 cm³/mol. The Morgan fingerprint density at radius 2 is 1.80 bits per heavy atom. The van der Waals surface area contributed by atoms with Crippen LogP contribution < -0.4 is 10.2 Å². The van der Waals surface area contributed by atoms with Crippen LogP contribution in [0.2, 0.25) is 0 Å². The fourth-order valence-electron chi connectivity index (χ4n) is 2.45. The molecule has 1 amide bonds. The van der Waals surface area contributed by atoms with Gasteiger partial charge in [0.1, 0.15) is 0 Å². The predicted octanol–water partition coefficient (Wildman–Crippen LogP) is 4.26. The third-order valence-corrected chi connectivity index (χ3v) is 4.85. The Kier molecular flexibility index (Phi) is 4.95. The lowest BCUT2D eigenvalue weighted by Crippen LogP contribution is -2.19. The summed E-state index contributed by atoms with van der Waals surface area (Å²) in [6.07, 6.45) is 1.89. The summed E-state index contributed by atoms with van der Waals surface area (Å²) in [6.45, 7) is 4.05. The van der Waals surface area contributed by atoms with Crippen LogP contribution in [0.5, 0.6) is 0 Å². The Hall–Kier alpha value is -2.53. The number of aryl methyl sites for hydroxylation is 2. The minimum Gasteiger partial charge on any atom is -0.378 e. The van der Waals surface area contributed by atoms with E-state index in [2.05, 4.69) is 16.4 Å². The molecule has 3 rings (SSSR count). The van der Waals surface area contributed by atoms with E-state index in [0.717, 1.165) is 28.1 Å². The first-order valence-corrected chi connectivity index (χ1v) is 8.88. The van der Waals surface area contributed by atoms with Crippen LogP contribution in [0, 0.1) is 13.8 Å². The molecule has 0 radical (unpaired) electrons. The second kappa shape index (κ2) is 7.15. The van der Waals surface area contributed by atoms with Crippen molar-refractivity contribution in [3.63, 3.8) is 0 Å². The van der Waals surface area contributed by atoms with Gasteiger partial charge in [-0.15, -0.1) is 0 Å². The molecule has 1 saturated heterocycles. The van der Waals surface area contributed by atoms with Crippen molar-refractivity contribution in [3.8, 4) is 0 Å². The van der Waals surface area contributed by atoms with Gasteiger partial charge in [0.05, 0.1) is 10.6 Å². The van der Waals surface area contributed by atoms with Crippen LogP contribution in [0.25, 0.3) is 6.08 Å². The first-order valence-electron chi connectivity index (χ1n) is 8.06. The van der Waals surface area contributed by atoms with Crippen LogP contribution >= 0.6 is 11.8 Å². The van der Waals surface area contributed by atoms with Crippen LogP contribution in [-0.4, -0.2) is 25.2 Å². The molecule has 1 heterocycles. The molecule has 1 aliphatic rings. The van der Waals surface area contributed by atoms with Gasteiger partial charge in [-0.25, -0.2) is 4.99 Å². The Morgan fingerprint density at radius 1 is 1.08 bits per heavy atom. The van der Waals surface area contributed by atoms with Crippen LogP contribution in [0.15, 0.2) is 52.4 Å². The molecule has 0 bridgehead atoms. The van der Waals surface area contributed by atoms with Gasteiger partial charge in [-0.2, -0.15) is 0 Å². The van der Waals surface area contributed by atoms with Crippen molar-refractivity contribution in [1.29, 1.82) is 0 Å². The minimum absolute atomic E-state index is 0.106. The molecule has 0 aliphatic carbocycles. The minimum atomic E-state index is -0.106. The molecule has 5 heteroatoms. The van der Waals surface area contributed by atoms with Crippen LogP contribution in [0.1, 0.15) is 16.7 Å². The number of nitrogens with one attached hydrogen (secondary N) is 1. The summed E-state index contributed by atoms with van der Waals surface area (Å²) in [7, 11) is 4.01. The zero-order valence-electron chi connectivity index (χ0n) is 14.8. The van der Waals surface area contributed by atoms with E-state index in [4.69, 9.17) is 0 Å². The highest BCUT2D eigenvalue weighted by Crippen LogP contribution is 2.29. The summed E-state index contributed by atoms with van der Waals surface area (Å²) in [5, 5.41) is 3.47. The highest BCUT2D eigenvalue weighted by molar-refractivity contribution is 8.18. The molecular formula is C20H21N3OS. The number of benzene rings is 2. The van der Waals surface area contributed by atoms with Crippen molar-refractivity contribution < 1.29 is 4.79 Å². The van der Waals surface area contributed by atoms with Gasteiger partial charge in [0.2, 0.25) is 0 Å². The summed E-state index contributed by atoms with van der Waals surface area (Å²) in [4.78, 5) is 19.5. The summed E-state index contributed by atoms with van der Waals surface area (Å²) in [5.41, 5.74) is 5.25. The van der Waals surface area contributed by atoms with E-state index in [9.17, 15) is 4.79 Å². The van der Waals surface area contributed by atoms with E-state index in [0.29, 0.717) is 10.1 Å². The molecule has 2 aromatic carbocycles. The number of hydrogen-bond donors (Lipinski definition) is 1. The maximum atomic E-state index is 12.2. The van der Waals surface area contributed by atoms with Crippen molar-refractivity contribution in [3.05, 3.63) is 64.1 Å². The zero-order valence-corrected chi connectivity index (χ0v) is 15.6. The number of carbonyl (C=O) groups is 1. The number of hydrogen-bond acceptors (Lipinski definition) is 4. The molecule has 1 N–H and O–H groups in total. The van der Waals surface area contributed by atoms with E-state index in [-0.39, 0.29) is 5.91 Å². The standard InChI is InChI=1S/C20H21N3OS/c1-13-5-6-14(2)17(11-13)21-20-22-19(24)18(25-20)12-15-7-9-16(10-8-15)23(3)4/h5-12H,1-4H3,(H,21,22,24)/b18-12-. The monoisotopic (exact) mass is 351 g/mol. The second-order valence-corrected chi connectivity index (χ2v) is 7.29. The van der Waals surface area contributed by atoms with Crippen molar-refractivity contribution in [2.75, 3.05) is 19.0 Å². The summed E-state index contributed by atoms with van der Waals surface area (Å²) >= 11 is 1.37. The molecule has 128 valence electrons. The molecule has 2 aromatic rings. The van der Waals surface area contributed by atoms with Crippen molar-refractivity contribution in [1.82, 2.24) is 5.32 Å².